The molecule has 0 saturated carbocycles. The molecule has 0 N–H and O–H groups in total. The average molecular weight is 351 g/mol. The van der Waals surface area contributed by atoms with Crippen molar-refractivity contribution >= 4 is 29.1 Å². The average Bonchev–Trinajstić information content (AvgIpc) is 2.65. The van der Waals surface area contributed by atoms with Crippen molar-refractivity contribution in [2.75, 3.05) is 24.5 Å². The summed E-state index contributed by atoms with van der Waals surface area (Å²) in [4.78, 5) is 28.9. The Bertz CT molecular complexity index is 570. The molecule has 1 aromatic rings. The van der Waals surface area contributed by atoms with Gasteiger partial charge in [-0.25, -0.2) is 0 Å². The number of halogens is 1. The van der Waals surface area contributed by atoms with Crippen LogP contribution in [0.15, 0.2) is 24.3 Å². The molecule has 0 aliphatic carbocycles. The number of anilines is 1. The number of hydrogen-bond donors (Lipinski definition) is 0. The molecule has 0 bridgehead atoms. The molecule has 2 amide bonds. The minimum absolute atomic E-state index is 0.00826. The van der Waals surface area contributed by atoms with Crippen LogP contribution in [0.4, 0.5) is 5.69 Å². The summed E-state index contributed by atoms with van der Waals surface area (Å²) in [6, 6.07) is 7.75. The molecule has 0 radical (unpaired) electrons. The van der Waals surface area contributed by atoms with Crippen LogP contribution >= 0.6 is 11.6 Å². The molecule has 1 aliphatic heterocycles. The van der Waals surface area contributed by atoms with Gasteiger partial charge in [-0.15, -0.1) is 11.6 Å². The number of carbonyl (C=O) groups excluding carboxylic acids is 2. The first-order valence-corrected chi connectivity index (χ1v) is 9.33. The van der Waals surface area contributed by atoms with Crippen molar-refractivity contribution < 1.29 is 9.59 Å². The summed E-state index contributed by atoms with van der Waals surface area (Å²) in [6.07, 6.45) is 4.60. The summed E-state index contributed by atoms with van der Waals surface area (Å²) < 4.78 is 0. The smallest absolute Gasteiger partial charge is 0.245 e. The Morgan fingerprint density at radius 3 is 2.46 bits per heavy atom. The highest BCUT2D eigenvalue weighted by molar-refractivity contribution is 6.33. The van der Waals surface area contributed by atoms with Crippen LogP contribution in [0.3, 0.4) is 0 Å². The molecule has 5 heteroatoms. The minimum Gasteiger partial charge on any atom is -0.341 e. The van der Waals surface area contributed by atoms with Gasteiger partial charge in [-0.3, -0.25) is 9.59 Å². The standard InChI is InChI=1S/C19H27ClN2O2/c1-3-15-10-6-7-11-17(15)22(19(24)16(20)4-2)14-18(23)21-12-8-5-9-13-21/h6-7,10-11,16H,3-5,8-9,12-14H2,1-2H3. The zero-order valence-electron chi connectivity index (χ0n) is 14.6. The van der Waals surface area contributed by atoms with E-state index < -0.39 is 5.38 Å². The van der Waals surface area contributed by atoms with Crippen LogP contribution in [0, 0.1) is 0 Å². The second-order valence-electron chi connectivity index (χ2n) is 6.22. The summed E-state index contributed by atoms with van der Waals surface area (Å²) in [5.74, 6) is -0.181. The highest BCUT2D eigenvalue weighted by atomic mass is 35.5. The van der Waals surface area contributed by atoms with E-state index in [1.54, 1.807) is 4.90 Å². The second-order valence-corrected chi connectivity index (χ2v) is 6.75. The highest BCUT2D eigenvalue weighted by Crippen LogP contribution is 2.24. The Hall–Kier alpha value is -1.55. The van der Waals surface area contributed by atoms with Crippen molar-refractivity contribution in [3.63, 3.8) is 0 Å². The van der Waals surface area contributed by atoms with E-state index in [-0.39, 0.29) is 18.4 Å². The molecule has 1 saturated heterocycles. The third-order valence-electron chi connectivity index (χ3n) is 4.56. The highest BCUT2D eigenvalue weighted by Gasteiger charge is 2.28. The van der Waals surface area contributed by atoms with Crippen molar-refractivity contribution in [1.29, 1.82) is 0 Å². The van der Waals surface area contributed by atoms with Crippen LogP contribution in [-0.2, 0) is 16.0 Å². The third kappa shape index (κ3) is 4.50. The molecule has 1 fully saturated rings. The Kier molecular flexibility index (Phi) is 7.10. The number of rotatable bonds is 6. The van der Waals surface area contributed by atoms with E-state index in [4.69, 9.17) is 11.6 Å². The molecule has 1 aromatic carbocycles. The van der Waals surface area contributed by atoms with E-state index in [1.165, 1.54) is 6.42 Å². The van der Waals surface area contributed by atoms with Crippen molar-refractivity contribution in [1.82, 2.24) is 4.90 Å². The van der Waals surface area contributed by atoms with Crippen LogP contribution in [0.25, 0.3) is 0 Å². The van der Waals surface area contributed by atoms with Crippen LogP contribution in [0.2, 0.25) is 0 Å². The number of amides is 2. The number of benzene rings is 1. The van der Waals surface area contributed by atoms with Gasteiger partial charge in [0.15, 0.2) is 0 Å². The number of alkyl halides is 1. The predicted molar refractivity (Wildman–Crippen MR) is 98.5 cm³/mol. The van der Waals surface area contributed by atoms with Crippen LogP contribution in [-0.4, -0.2) is 41.7 Å². The molecule has 0 spiro atoms. The van der Waals surface area contributed by atoms with Gasteiger partial charge >= 0.3 is 0 Å². The second kappa shape index (κ2) is 9.07. The predicted octanol–water partition coefficient (Wildman–Crippen LogP) is 3.61. The number of carbonyl (C=O) groups is 2. The minimum atomic E-state index is -0.607. The number of nitrogens with zero attached hydrogens (tertiary/aromatic N) is 2. The summed E-state index contributed by atoms with van der Waals surface area (Å²) in [7, 11) is 0. The molecule has 24 heavy (non-hydrogen) atoms. The fourth-order valence-electron chi connectivity index (χ4n) is 3.08. The lowest BCUT2D eigenvalue weighted by Gasteiger charge is -2.31. The molecular formula is C19H27ClN2O2. The van der Waals surface area contributed by atoms with Crippen LogP contribution < -0.4 is 4.90 Å². The molecule has 4 nitrogen and oxygen atoms in total. The van der Waals surface area contributed by atoms with Crippen molar-refractivity contribution in [2.24, 2.45) is 0 Å². The molecule has 0 aromatic heterocycles. The third-order valence-corrected chi connectivity index (χ3v) is 5.05. The van der Waals surface area contributed by atoms with E-state index >= 15 is 0 Å². The monoisotopic (exact) mass is 350 g/mol. The fourth-order valence-corrected chi connectivity index (χ4v) is 3.20. The lowest BCUT2D eigenvalue weighted by molar-refractivity contribution is -0.132. The summed E-state index contributed by atoms with van der Waals surface area (Å²) in [5.41, 5.74) is 1.85. The lowest BCUT2D eigenvalue weighted by atomic mass is 10.1. The number of para-hydroxylation sites is 1. The lowest BCUT2D eigenvalue weighted by Crippen LogP contribution is -2.47. The Labute approximate surface area is 149 Å². The first kappa shape index (κ1) is 18.8. The van der Waals surface area contributed by atoms with Gasteiger partial charge in [0, 0.05) is 18.8 Å². The SMILES string of the molecule is CCc1ccccc1N(CC(=O)N1CCCCC1)C(=O)C(Cl)CC. The zero-order chi connectivity index (χ0) is 17.5. The van der Waals surface area contributed by atoms with Gasteiger partial charge < -0.3 is 9.80 Å². The molecule has 1 aliphatic rings. The molecular weight excluding hydrogens is 324 g/mol. The van der Waals surface area contributed by atoms with E-state index in [0.717, 1.165) is 43.6 Å². The normalized spacial score (nSPS) is 15.9. The van der Waals surface area contributed by atoms with Crippen molar-refractivity contribution in [3.8, 4) is 0 Å². The maximum Gasteiger partial charge on any atom is 0.245 e. The quantitative estimate of drug-likeness (QED) is 0.735. The van der Waals surface area contributed by atoms with Gasteiger partial charge in [0.25, 0.3) is 0 Å². The van der Waals surface area contributed by atoms with Crippen LogP contribution in [0.5, 0.6) is 0 Å². The van der Waals surface area contributed by atoms with E-state index in [9.17, 15) is 9.59 Å². The van der Waals surface area contributed by atoms with Crippen molar-refractivity contribution in [3.05, 3.63) is 29.8 Å². The Balaban J connectivity index is 2.25. The van der Waals surface area contributed by atoms with Gasteiger partial charge in [-0.2, -0.15) is 0 Å². The first-order chi connectivity index (χ1) is 11.6. The largest absolute Gasteiger partial charge is 0.341 e. The zero-order valence-corrected chi connectivity index (χ0v) is 15.4. The molecule has 1 heterocycles. The fraction of sp³-hybridized carbons (Fsp3) is 0.579. The van der Waals surface area contributed by atoms with Gasteiger partial charge in [0.2, 0.25) is 11.8 Å². The van der Waals surface area contributed by atoms with Gasteiger partial charge in [-0.05, 0) is 43.7 Å². The van der Waals surface area contributed by atoms with Crippen molar-refractivity contribution in [2.45, 2.75) is 51.3 Å². The van der Waals surface area contributed by atoms with E-state index in [2.05, 4.69) is 0 Å². The number of piperidine rings is 1. The number of hydrogen-bond acceptors (Lipinski definition) is 2. The van der Waals surface area contributed by atoms with E-state index in [1.807, 2.05) is 43.0 Å². The molecule has 1 unspecified atom stereocenters. The Morgan fingerprint density at radius 1 is 1.17 bits per heavy atom. The molecule has 132 valence electrons. The molecule has 1 atom stereocenters. The molecule has 2 rings (SSSR count). The van der Waals surface area contributed by atoms with Gasteiger partial charge in [0.05, 0.1) is 0 Å². The van der Waals surface area contributed by atoms with Crippen LogP contribution in [0.1, 0.15) is 45.1 Å². The topological polar surface area (TPSA) is 40.6 Å². The van der Waals surface area contributed by atoms with E-state index in [0.29, 0.717) is 6.42 Å². The number of aryl methyl sites for hydroxylation is 1. The Morgan fingerprint density at radius 2 is 1.83 bits per heavy atom. The summed E-state index contributed by atoms with van der Waals surface area (Å²) >= 11 is 6.21. The summed E-state index contributed by atoms with van der Waals surface area (Å²) in [5, 5.41) is -0.607. The maximum absolute atomic E-state index is 12.8. The first-order valence-electron chi connectivity index (χ1n) is 8.89. The maximum atomic E-state index is 12.8. The van der Waals surface area contributed by atoms with Gasteiger partial charge in [0.1, 0.15) is 11.9 Å². The number of likely N-dealkylation sites (tertiary alicyclic amines) is 1. The summed E-state index contributed by atoms with van der Waals surface area (Å²) in [6.45, 7) is 5.57. The van der Waals surface area contributed by atoms with Gasteiger partial charge in [-0.1, -0.05) is 32.0 Å².